The summed E-state index contributed by atoms with van der Waals surface area (Å²) >= 11 is 15.7. The summed E-state index contributed by atoms with van der Waals surface area (Å²) < 4.78 is 1.10. The molecule has 0 aliphatic carbocycles. The molecule has 1 aliphatic heterocycles. The molecule has 0 amide bonds. The minimum atomic E-state index is -0.0400. The van der Waals surface area contributed by atoms with Crippen LogP contribution in [0.2, 0.25) is 10.0 Å². The fourth-order valence-electron chi connectivity index (χ4n) is 3.37. The van der Waals surface area contributed by atoms with Crippen LogP contribution in [0.1, 0.15) is 17.7 Å². The average Bonchev–Trinajstić information content (AvgIpc) is 2.73. The summed E-state index contributed by atoms with van der Waals surface area (Å²) in [5.41, 5.74) is 3.78. The summed E-state index contributed by atoms with van der Waals surface area (Å²) in [6.07, 6.45) is 7.30. The highest BCUT2D eigenvalue weighted by atomic mass is 79.9. The van der Waals surface area contributed by atoms with Crippen LogP contribution in [0.3, 0.4) is 0 Å². The first-order chi connectivity index (χ1) is 14.0. The van der Waals surface area contributed by atoms with Crippen molar-refractivity contribution in [2.24, 2.45) is 0 Å². The van der Waals surface area contributed by atoms with Gasteiger partial charge < -0.3 is 5.11 Å². The molecule has 0 bridgehead atoms. The molecular weight excluding hydrogens is 471 g/mol. The lowest BCUT2D eigenvalue weighted by Gasteiger charge is -2.25. The monoisotopic (exact) mass is 488 g/mol. The highest BCUT2D eigenvalue weighted by molar-refractivity contribution is 9.10. The highest BCUT2D eigenvalue weighted by Gasteiger charge is 2.12. The lowest BCUT2D eigenvalue weighted by molar-refractivity contribution is 0.287. The fraction of sp³-hybridized carbons (Fsp3) is 0.174. The van der Waals surface area contributed by atoms with Crippen molar-refractivity contribution in [3.63, 3.8) is 0 Å². The van der Waals surface area contributed by atoms with Gasteiger partial charge in [-0.25, -0.2) is 4.98 Å². The van der Waals surface area contributed by atoms with Gasteiger partial charge in [-0.05, 0) is 54.0 Å². The number of allylic oxidation sites excluding steroid dienone is 1. The van der Waals surface area contributed by atoms with Crippen molar-refractivity contribution in [3.05, 3.63) is 86.0 Å². The quantitative estimate of drug-likeness (QED) is 0.435. The van der Waals surface area contributed by atoms with Crippen LogP contribution >= 0.6 is 39.1 Å². The van der Waals surface area contributed by atoms with Crippen LogP contribution in [-0.2, 0) is 6.54 Å². The Hall–Kier alpha value is -1.85. The van der Waals surface area contributed by atoms with Gasteiger partial charge in [-0.15, -0.1) is 0 Å². The van der Waals surface area contributed by atoms with Crippen LogP contribution < -0.4 is 0 Å². The van der Waals surface area contributed by atoms with Crippen molar-refractivity contribution >= 4 is 56.1 Å². The maximum absolute atomic E-state index is 10.2. The molecule has 148 valence electrons. The predicted molar refractivity (Wildman–Crippen MR) is 125 cm³/mol. The summed E-state index contributed by atoms with van der Waals surface area (Å²) in [7, 11) is 0. The summed E-state index contributed by atoms with van der Waals surface area (Å²) in [6.45, 7) is 2.89. The molecule has 3 aromatic rings. The van der Waals surface area contributed by atoms with E-state index < -0.39 is 0 Å². The molecule has 0 spiro atoms. The van der Waals surface area contributed by atoms with Crippen LogP contribution in [0.15, 0.2) is 64.7 Å². The minimum Gasteiger partial charge on any atom is -0.504 e. The molecular formula is C23H19BrCl2N2O. The van der Waals surface area contributed by atoms with E-state index in [2.05, 4.69) is 62.2 Å². The molecule has 6 heteroatoms. The number of aromatic hydroxyl groups is 1. The highest BCUT2D eigenvalue weighted by Crippen LogP contribution is 2.36. The molecule has 0 saturated heterocycles. The Morgan fingerprint density at radius 2 is 1.86 bits per heavy atom. The van der Waals surface area contributed by atoms with Gasteiger partial charge in [0.25, 0.3) is 0 Å². The van der Waals surface area contributed by atoms with Crippen molar-refractivity contribution in [2.75, 3.05) is 13.1 Å². The number of benzene rings is 2. The molecule has 2 heterocycles. The van der Waals surface area contributed by atoms with Crippen molar-refractivity contribution in [1.29, 1.82) is 0 Å². The second-order valence-electron chi connectivity index (χ2n) is 7.05. The molecule has 0 saturated carbocycles. The molecule has 3 nitrogen and oxygen atoms in total. The molecule has 0 atom stereocenters. The Balaban J connectivity index is 1.45. The third kappa shape index (κ3) is 4.84. The summed E-state index contributed by atoms with van der Waals surface area (Å²) in [4.78, 5) is 6.94. The standard InChI is InChI=1S/C23H19BrCl2N2O/c24-17-4-1-16(2-5-17)14-28-11-9-15(10-12-28)3-6-18-7-8-19-20(25)13-21(26)23(29)22(19)27-18/h1-9,13,29H,10-12,14H2/b6-3+. The molecule has 4 rings (SSSR count). The molecule has 0 radical (unpaired) electrons. The number of phenolic OH excluding ortho intramolecular Hbond substituents is 1. The minimum absolute atomic E-state index is 0.0400. The summed E-state index contributed by atoms with van der Waals surface area (Å²) in [5.74, 6) is -0.0400. The van der Waals surface area contributed by atoms with E-state index in [0.29, 0.717) is 15.9 Å². The van der Waals surface area contributed by atoms with Crippen molar-refractivity contribution in [2.45, 2.75) is 13.0 Å². The van der Waals surface area contributed by atoms with Gasteiger partial charge in [0.15, 0.2) is 5.75 Å². The average molecular weight is 490 g/mol. The SMILES string of the molecule is Oc1c(Cl)cc(Cl)c2ccc(/C=C/C3=CCN(Cc4ccc(Br)cc4)CC3)nc12. The molecule has 1 N–H and O–H groups in total. The maximum Gasteiger partial charge on any atom is 0.160 e. The zero-order chi connectivity index (χ0) is 20.4. The Bertz CT molecular complexity index is 1110. The first-order valence-corrected chi connectivity index (χ1v) is 10.9. The van der Waals surface area contributed by atoms with E-state index >= 15 is 0 Å². The topological polar surface area (TPSA) is 36.4 Å². The number of rotatable bonds is 4. The van der Waals surface area contributed by atoms with Gasteiger partial charge in [0, 0.05) is 29.5 Å². The van der Waals surface area contributed by atoms with Gasteiger partial charge in [-0.1, -0.05) is 63.4 Å². The smallest absolute Gasteiger partial charge is 0.160 e. The van der Waals surface area contributed by atoms with Gasteiger partial charge in [-0.3, -0.25) is 4.90 Å². The first-order valence-electron chi connectivity index (χ1n) is 9.31. The second kappa shape index (κ2) is 8.88. The van der Waals surface area contributed by atoms with Crippen molar-refractivity contribution in [3.8, 4) is 5.75 Å². The fourth-order valence-corrected chi connectivity index (χ4v) is 4.15. The van der Waals surface area contributed by atoms with E-state index in [4.69, 9.17) is 23.2 Å². The van der Waals surface area contributed by atoms with E-state index in [1.165, 1.54) is 17.2 Å². The predicted octanol–water partition coefficient (Wildman–Crippen LogP) is 6.86. The van der Waals surface area contributed by atoms with E-state index in [1.807, 2.05) is 18.2 Å². The van der Waals surface area contributed by atoms with Gasteiger partial charge in [0.05, 0.1) is 15.7 Å². The van der Waals surface area contributed by atoms with E-state index in [0.717, 1.165) is 36.2 Å². The number of pyridine rings is 1. The molecule has 2 aromatic carbocycles. The van der Waals surface area contributed by atoms with Crippen molar-refractivity contribution < 1.29 is 5.11 Å². The Morgan fingerprint density at radius 1 is 1.07 bits per heavy atom. The number of aromatic nitrogens is 1. The Kier molecular flexibility index (Phi) is 6.26. The molecule has 0 unspecified atom stereocenters. The van der Waals surface area contributed by atoms with Crippen LogP contribution in [0.4, 0.5) is 0 Å². The normalized spacial score (nSPS) is 15.2. The number of hydrogen-bond donors (Lipinski definition) is 1. The summed E-state index contributed by atoms with van der Waals surface area (Å²) in [5, 5.41) is 11.6. The van der Waals surface area contributed by atoms with Crippen molar-refractivity contribution in [1.82, 2.24) is 9.88 Å². The molecule has 1 aromatic heterocycles. The molecule has 1 aliphatic rings. The zero-order valence-electron chi connectivity index (χ0n) is 15.6. The second-order valence-corrected chi connectivity index (χ2v) is 8.78. The molecule has 0 fully saturated rings. The van der Waals surface area contributed by atoms with Gasteiger partial charge in [-0.2, -0.15) is 0 Å². The van der Waals surface area contributed by atoms with Crippen LogP contribution in [0.25, 0.3) is 17.0 Å². The largest absolute Gasteiger partial charge is 0.504 e. The Labute approximate surface area is 188 Å². The lowest BCUT2D eigenvalue weighted by atomic mass is 10.1. The van der Waals surface area contributed by atoms with E-state index in [-0.39, 0.29) is 10.8 Å². The third-order valence-corrected chi connectivity index (χ3v) is 6.12. The zero-order valence-corrected chi connectivity index (χ0v) is 18.7. The van der Waals surface area contributed by atoms with Crippen LogP contribution in [0, 0.1) is 0 Å². The number of halogens is 3. The maximum atomic E-state index is 10.2. The third-order valence-electron chi connectivity index (χ3n) is 4.99. The van der Waals surface area contributed by atoms with E-state index in [1.54, 1.807) is 0 Å². The number of nitrogens with zero attached hydrogens (tertiary/aromatic N) is 2. The number of fused-ring (bicyclic) bond motifs is 1. The van der Waals surface area contributed by atoms with Gasteiger partial charge in [0.2, 0.25) is 0 Å². The lowest BCUT2D eigenvalue weighted by Crippen LogP contribution is -2.27. The Morgan fingerprint density at radius 3 is 2.59 bits per heavy atom. The van der Waals surface area contributed by atoms with Gasteiger partial charge >= 0.3 is 0 Å². The molecule has 29 heavy (non-hydrogen) atoms. The number of phenols is 1. The van der Waals surface area contributed by atoms with Gasteiger partial charge in [0.1, 0.15) is 5.52 Å². The number of hydrogen-bond acceptors (Lipinski definition) is 3. The van der Waals surface area contributed by atoms with Crippen LogP contribution in [-0.4, -0.2) is 28.1 Å². The van der Waals surface area contributed by atoms with Crippen LogP contribution in [0.5, 0.6) is 5.75 Å². The first kappa shape index (κ1) is 20.4. The van der Waals surface area contributed by atoms with E-state index in [9.17, 15) is 5.11 Å². The summed E-state index contributed by atoms with van der Waals surface area (Å²) in [6, 6.07) is 13.8.